The highest BCUT2D eigenvalue weighted by Gasteiger charge is 2.42. The van der Waals surface area contributed by atoms with Gasteiger partial charge in [-0.3, -0.25) is 9.59 Å². The van der Waals surface area contributed by atoms with Gasteiger partial charge in [-0.2, -0.15) is 0 Å². The first-order valence-electron chi connectivity index (χ1n) is 12.9. The van der Waals surface area contributed by atoms with Gasteiger partial charge in [-0.1, -0.05) is 47.0 Å². The molecule has 5 rings (SSSR count). The van der Waals surface area contributed by atoms with Gasteiger partial charge in [0.05, 0.1) is 10.7 Å². The lowest BCUT2D eigenvalue weighted by Crippen LogP contribution is -2.50. The Morgan fingerprint density at radius 3 is 2.32 bits per heavy atom. The molecule has 0 aliphatic carbocycles. The summed E-state index contributed by atoms with van der Waals surface area (Å²) in [4.78, 5) is 61.3. The number of piperidine rings is 1. The van der Waals surface area contributed by atoms with Gasteiger partial charge in [0.2, 0.25) is 0 Å². The Kier molecular flexibility index (Phi) is 7.69. The molecule has 200 valence electrons. The summed E-state index contributed by atoms with van der Waals surface area (Å²) in [5.74, 6) is -0.600. The van der Waals surface area contributed by atoms with Crippen LogP contribution in [-0.4, -0.2) is 84.1 Å². The summed E-state index contributed by atoms with van der Waals surface area (Å²) in [6, 6.07) is 13.0. The highest BCUT2D eigenvalue weighted by atomic mass is 35.5. The van der Waals surface area contributed by atoms with Crippen molar-refractivity contribution in [2.24, 2.45) is 0 Å². The maximum absolute atomic E-state index is 13.0. The van der Waals surface area contributed by atoms with Crippen LogP contribution in [0.3, 0.4) is 0 Å². The van der Waals surface area contributed by atoms with Crippen LogP contribution in [0.1, 0.15) is 35.2 Å². The summed E-state index contributed by atoms with van der Waals surface area (Å²) in [5.41, 5.74) is 2.22. The van der Waals surface area contributed by atoms with Crippen LogP contribution in [0, 0.1) is 0 Å². The monoisotopic (exact) mass is 539 g/mol. The van der Waals surface area contributed by atoms with Crippen molar-refractivity contribution >= 4 is 41.2 Å². The topological polar surface area (TPSA) is 102 Å². The molecule has 1 N–H and O–H groups in total. The van der Waals surface area contributed by atoms with Crippen LogP contribution in [0.4, 0.5) is 15.3 Å². The van der Waals surface area contributed by atoms with Gasteiger partial charge in [-0.05, 0) is 43.0 Å². The third kappa shape index (κ3) is 5.55. The number of carbonyl (C=O) groups is 4. The molecular weight excluding hydrogens is 510 g/mol. The van der Waals surface area contributed by atoms with Gasteiger partial charge in [-0.15, -0.1) is 0 Å². The van der Waals surface area contributed by atoms with Crippen LogP contribution in [-0.2, 0) is 16.1 Å². The van der Waals surface area contributed by atoms with E-state index in [0.29, 0.717) is 48.2 Å². The highest BCUT2D eigenvalue weighted by molar-refractivity contribution is 6.33. The molecule has 11 heteroatoms. The van der Waals surface area contributed by atoms with E-state index >= 15 is 0 Å². The molecule has 0 radical (unpaired) electrons. The molecule has 0 spiro atoms. The fourth-order valence-corrected chi connectivity index (χ4v) is 5.26. The Hall–Kier alpha value is -3.79. The fourth-order valence-electron chi connectivity index (χ4n) is 5.02. The van der Waals surface area contributed by atoms with Crippen LogP contribution in [0.15, 0.2) is 48.5 Å². The molecule has 3 aliphatic rings. The zero-order valence-electron chi connectivity index (χ0n) is 21.0. The standard InChI is InChI=1S/C27H30ClN5O5/c28-21-10-9-20(24(34)31-11-5-2-6-12-31)18-23(21)30-13-15-32(16-14-30)27(37)38-33-25(35)22(29-26(33)36)17-19-7-3-1-4-8-19/h1,3-4,7-10,18,22H,2,5-6,11-17H2,(H,29,36)/t22-/m0/s1. The Labute approximate surface area is 226 Å². The number of nitrogens with one attached hydrogen (secondary N) is 1. The van der Waals surface area contributed by atoms with Gasteiger partial charge in [0.1, 0.15) is 6.04 Å². The maximum atomic E-state index is 13.0. The van der Waals surface area contributed by atoms with E-state index in [1.807, 2.05) is 46.2 Å². The summed E-state index contributed by atoms with van der Waals surface area (Å²) in [7, 11) is 0. The van der Waals surface area contributed by atoms with Crippen LogP contribution < -0.4 is 10.2 Å². The smallest absolute Gasteiger partial charge is 0.367 e. The van der Waals surface area contributed by atoms with E-state index in [1.165, 1.54) is 4.90 Å². The van der Waals surface area contributed by atoms with E-state index in [9.17, 15) is 19.2 Å². The number of urea groups is 1. The average molecular weight is 540 g/mol. The molecular formula is C27H30ClN5O5. The summed E-state index contributed by atoms with van der Waals surface area (Å²) in [5, 5.41) is 3.61. The summed E-state index contributed by atoms with van der Waals surface area (Å²) >= 11 is 6.48. The number of halogens is 1. The van der Waals surface area contributed by atoms with Gasteiger partial charge in [0.15, 0.2) is 0 Å². The number of piperazine rings is 1. The SMILES string of the molecule is O=C(ON1C(=O)N[C@@H](Cc2ccccc2)C1=O)N1CCN(c2cc(C(=O)N3CCCCC3)ccc2Cl)CC1. The van der Waals surface area contributed by atoms with Gasteiger partial charge in [-0.25, -0.2) is 9.59 Å². The van der Waals surface area contributed by atoms with Gasteiger partial charge >= 0.3 is 12.1 Å². The van der Waals surface area contributed by atoms with E-state index in [-0.39, 0.29) is 5.91 Å². The minimum atomic E-state index is -0.795. The summed E-state index contributed by atoms with van der Waals surface area (Å²) in [6.45, 7) is 3.04. The number of imide groups is 1. The van der Waals surface area contributed by atoms with Crippen molar-refractivity contribution in [2.75, 3.05) is 44.2 Å². The normalized spacial score (nSPS) is 20.0. The van der Waals surface area contributed by atoms with E-state index < -0.39 is 24.1 Å². The van der Waals surface area contributed by atoms with Crippen molar-refractivity contribution in [3.8, 4) is 0 Å². The maximum Gasteiger partial charge on any atom is 0.434 e. The van der Waals surface area contributed by atoms with Crippen molar-refractivity contribution in [3.63, 3.8) is 0 Å². The second kappa shape index (κ2) is 11.3. The van der Waals surface area contributed by atoms with Crippen molar-refractivity contribution < 1.29 is 24.0 Å². The Morgan fingerprint density at radius 2 is 1.61 bits per heavy atom. The number of amides is 5. The molecule has 1 atom stereocenters. The van der Waals surface area contributed by atoms with E-state index in [1.54, 1.807) is 12.1 Å². The van der Waals surface area contributed by atoms with Crippen LogP contribution in [0.5, 0.6) is 0 Å². The number of anilines is 1. The molecule has 3 aliphatic heterocycles. The lowest BCUT2D eigenvalue weighted by atomic mass is 10.1. The summed E-state index contributed by atoms with van der Waals surface area (Å²) in [6.07, 6.45) is 2.71. The molecule has 0 bridgehead atoms. The minimum absolute atomic E-state index is 0.00366. The van der Waals surface area contributed by atoms with Crippen LogP contribution >= 0.6 is 11.6 Å². The number of carbonyl (C=O) groups excluding carboxylic acids is 4. The number of benzene rings is 2. The van der Waals surface area contributed by atoms with Crippen molar-refractivity contribution in [1.29, 1.82) is 0 Å². The number of hydroxylamine groups is 2. The van der Waals surface area contributed by atoms with E-state index in [2.05, 4.69) is 5.32 Å². The first kappa shape index (κ1) is 25.8. The molecule has 3 heterocycles. The molecule has 0 aromatic heterocycles. The number of rotatable bonds is 5. The van der Waals surface area contributed by atoms with Gasteiger partial charge in [0, 0.05) is 51.3 Å². The van der Waals surface area contributed by atoms with Gasteiger partial charge in [0.25, 0.3) is 11.8 Å². The first-order valence-corrected chi connectivity index (χ1v) is 13.3. The minimum Gasteiger partial charge on any atom is -0.367 e. The van der Waals surface area contributed by atoms with Crippen LogP contribution in [0.2, 0.25) is 5.02 Å². The predicted octanol–water partition coefficient (Wildman–Crippen LogP) is 3.30. The quantitative estimate of drug-likeness (QED) is 0.585. The molecule has 5 amide bonds. The van der Waals surface area contributed by atoms with Crippen molar-refractivity contribution in [3.05, 3.63) is 64.7 Å². The molecule has 0 saturated carbocycles. The molecule has 3 fully saturated rings. The van der Waals surface area contributed by atoms with E-state index in [0.717, 1.165) is 43.6 Å². The zero-order valence-corrected chi connectivity index (χ0v) is 21.7. The van der Waals surface area contributed by atoms with E-state index in [4.69, 9.17) is 16.4 Å². The molecule has 10 nitrogen and oxygen atoms in total. The van der Waals surface area contributed by atoms with Crippen molar-refractivity contribution in [1.82, 2.24) is 20.2 Å². The number of hydrogen-bond acceptors (Lipinski definition) is 6. The Bertz CT molecular complexity index is 1210. The fraction of sp³-hybridized carbons (Fsp3) is 0.407. The highest BCUT2D eigenvalue weighted by Crippen LogP contribution is 2.29. The second-order valence-electron chi connectivity index (χ2n) is 9.67. The lowest BCUT2D eigenvalue weighted by molar-refractivity contribution is -0.151. The largest absolute Gasteiger partial charge is 0.434 e. The molecule has 3 saturated heterocycles. The Morgan fingerprint density at radius 1 is 0.895 bits per heavy atom. The third-order valence-corrected chi connectivity index (χ3v) is 7.47. The summed E-state index contributed by atoms with van der Waals surface area (Å²) < 4.78 is 0. The number of hydrogen-bond donors (Lipinski definition) is 1. The average Bonchev–Trinajstić information content (AvgIpc) is 3.21. The third-order valence-electron chi connectivity index (χ3n) is 7.15. The molecule has 2 aromatic carbocycles. The van der Waals surface area contributed by atoms with Gasteiger partial charge < -0.3 is 24.9 Å². The predicted molar refractivity (Wildman–Crippen MR) is 141 cm³/mol. The second-order valence-corrected chi connectivity index (χ2v) is 10.1. The zero-order chi connectivity index (χ0) is 26.6. The Balaban J connectivity index is 1.17. The first-order chi connectivity index (χ1) is 18.4. The molecule has 38 heavy (non-hydrogen) atoms. The number of nitrogens with zero attached hydrogens (tertiary/aromatic N) is 4. The molecule has 0 unspecified atom stereocenters. The number of likely N-dealkylation sites (tertiary alicyclic amines) is 1. The van der Waals surface area contributed by atoms with Crippen molar-refractivity contribution in [2.45, 2.75) is 31.7 Å². The van der Waals surface area contributed by atoms with Crippen LogP contribution in [0.25, 0.3) is 0 Å². The lowest BCUT2D eigenvalue weighted by Gasteiger charge is -2.36. The molecule has 2 aromatic rings.